The van der Waals surface area contributed by atoms with Gasteiger partial charge < -0.3 is 4.74 Å². The summed E-state index contributed by atoms with van der Waals surface area (Å²) in [7, 11) is 0. The Morgan fingerprint density at radius 1 is 1.37 bits per heavy atom. The lowest BCUT2D eigenvalue weighted by molar-refractivity contribution is -0.137. The van der Waals surface area contributed by atoms with Gasteiger partial charge in [-0.2, -0.15) is 13.2 Å². The van der Waals surface area contributed by atoms with E-state index in [0.29, 0.717) is 18.6 Å². The molecule has 1 aromatic rings. The van der Waals surface area contributed by atoms with Crippen LogP contribution in [0.5, 0.6) is 0 Å². The van der Waals surface area contributed by atoms with Gasteiger partial charge in [-0.1, -0.05) is 18.2 Å². The quantitative estimate of drug-likeness (QED) is 0.620. The van der Waals surface area contributed by atoms with E-state index in [0.717, 1.165) is 12.1 Å². The first kappa shape index (κ1) is 15.9. The molecule has 0 spiro atoms. The molecule has 3 N–H and O–H groups in total. The zero-order valence-corrected chi connectivity index (χ0v) is 11.0. The second-order valence-electron chi connectivity index (χ2n) is 4.34. The molecule has 19 heavy (non-hydrogen) atoms. The minimum atomic E-state index is -4.33. The van der Waals surface area contributed by atoms with Crippen molar-refractivity contribution in [3.05, 3.63) is 35.4 Å². The lowest BCUT2D eigenvalue weighted by Gasteiger charge is -2.23. The predicted molar refractivity (Wildman–Crippen MR) is 67.3 cm³/mol. The van der Waals surface area contributed by atoms with Crippen LogP contribution in [0.15, 0.2) is 24.3 Å². The minimum absolute atomic E-state index is 0.176. The molecule has 0 saturated carbocycles. The van der Waals surface area contributed by atoms with Gasteiger partial charge in [-0.25, -0.2) is 0 Å². The Morgan fingerprint density at radius 2 is 2.05 bits per heavy atom. The monoisotopic (exact) mass is 276 g/mol. The number of nitrogens with two attached hydrogens (primary N) is 1. The summed E-state index contributed by atoms with van der Waals surface area (Å²) in [6.45, 7) is 4.22. The van der Waals surface area contributed by atoms with Crippen molar-refractivity contribution in [2.75, 3.05) is 6.61 Å². The Kier molecular flexibility index (Phi) is 5.78. The van der Waals surface area contributed by atoms with Crippen LogP contribution in [0.3, 0.4) is 0 Å². The van der Waals surface area contributed by atoms with E-state index in [4.69, 9.17) is 10.6 Å². The standard InChI is InChI=1S/C13H19F3N2O/c1-3-19-9(2)12(18-17)8-10-5-4-6-11(7-10)13(14,15)16/h4-7,9,12,18H,3,8,17H2,1-2H3. The summed E-state index contributed by atoms with van der Waals surface area (Å²) in [5, 5.41) is 0. The zero-order valence-electron chi connectivity index (χ0n) is 11.0. The van der Waals surface area contributed by atoms with Crippen LogP contribution >= 0.6 is 0 Å². The number of ether oxygens (including phenoxy) is 1. The number of halogens is 3. The van der Waals surface area contributed by atoms with Crippen LogP contribution in [0, 0.1) is 0 Å². The van der Waals surface area contributed by atoms with E-state index < -0.39 is 11.7 Å². The average molecular weight is 276 g/mol. The normalized spacial score (nSPS) is 15.3. The first-order valence-electron chi connectivity index (χ1n) is 6.12. The van der Waals surface area contributed by atoms with E-state index in [1.807, 2.05) is 13.8 Å². The van der Waals surface area contributed by atoms with Gasteiger partial charge in [0.05, 0.1) is 17.7 Å². The molecule has 0 aliphatic rings. The van der Waals surface area contributed by atoms with Gasteiger partial charge in [0.25, 0.3) is 0 Å². The van der Waals surface area contributed by atoms with Crippen LogP contribution in [0.4, 0.5) is 13.2 Å². The summed E-state index contributed by atoms with van der Waals surface area (Å²) >= 11 is 0. The Balaban J connectivity index is 2.80. The van der Waals surface area contributed by atoms with Gasteiger partial charge in [0.15, 0.2) is 0 Å². The van der Waals surface area contributed by atoms with E-state index >= 15 is 0 Å². The lowest BCUT2D eigenvalue weighted by atomic mass is 10.0. The number of hydrogen-bond acceptors (Lipinski definition) is 3. The highest BCUT2D eigenvalue weighted by molar-refractivity contribution is 5.26. The topological polar surface area (TPSA) is 47.3 Å². The molecule has 0 aromatic heterocycles. The van der Waals surface area contributed by atoms with E-state index in [9.17, 15) is 13.2 Å². The molecule has 2 atom stereocenters. The van der Waals surface area contributed by atoms with Crippen molar-refractivity contribution >= 4 is 0 Å². The summed E-state index contributed by atoms with van der Waals surface area (Å²) in [6, 6.07) is 5.02. The maximum Gasteiger partial charge on any atom is 0.416 e. The molecule has 1 rings (SSSR count). The van der Waals surface area contributed by atoms with E-state index in [2.05, 4.69) is 5.43 Å². The van der Waals surface area contributed by atoms with Crippen LogP contribution in [0.1, 0.15) is 25.0 Å². The Morgan fingerprint density at radius 3 is 2.58 bits per heavy atom. The minimum Gasteiger partial charge on any atom is -0.377 e. The largest absolute Gasteiger partial charge is 0.416 e. The van der Waals surface area contributed by atoms with Gasteiger partial charge in [-0.15, -0.1) is 0 Å². The van der Waals surface area contributed by atoms with Gasteiger partial charge in [0, 0.05) is 6.61 Å². The van der Waals surface area contributed by atoms with Gasteiger partial charge in [-0.3, -0.25) is 11.3 Å². The molecule has 3 nitrogen and oxygen atoms in total. The molecule has 2 unspecified atom stereocenters. The Hall–Kier alpha value is -1.11. The molecule has 0 fully saturated rings. The fraction of sp³-hybridized carbons (Fsp3) is 0.538. The van der Waals surface area contributed by atoms with Crippen molar-refractivity contribution in [3.63, 3.8) is 0 Å². The van der Waals surface area contributed by atoms with Gasteiger partial charge in [-0.05, 0) is 31.9 Å². The van der Waals surface area contributed by atoms with Crippen molar-refractivity contribution in [1.29, 1.82) is 0 Å². The molecule has 108 valence electrons. The number of rotatable bonds is 6. The third-order valence-electron chi connectivity index (χ3n) is 2.92. The van der Waals surface area contributed by atoms with Crippen molar-refractivity contribution < 1.29 is 17.9 Å². The molecule has 0 aliphatic heterocycles. The van der Waals surface area contributed by atoms with Crippen molar-refractivity contribution in [3.8, 4) is 0 Å². The molecule has 1 aromatic carbocycles. The zero-order chi connectivity index (χ0) is 14.5. The summed E-state index contributed by atoms with van der Waals surface area (Å²) in [5.74, 6) is 5.42. The summed E-state index contributed by atoms with van der Waals surface area (Å²) < 4.78 is 43.2. The lowest BCUT2D eigenvalue weighted by Crippen LogP contribution is -2.45. The highest BCUT2D eigenvalue weighted by Crippen LogP contribution is 2.29. The molecule has 0 bridgehead atoms. The van der Waals surface area contributed by atoms with Crippen LogP contribution < -0.4 is 11.3 Å². The maximum atomic E-state index is 12.6. The van der Waals surface area contributed by atoms with Crippen molar-refractivity contribution in [2.24, 2.45) is 5.84 Å². The molecule has 0 aliphatic carbocycles. The van der Waals surface area contributed by atoms with Gasteiger partial charge >= 0.3 is 6.18 Å². The predicted octanol–water partition coefficient (Wildman–Crippen LogP) is 2.50. The first-order chi connectivity index (χ1) is 8.88. The SMILES string of the molecule is CCOC(C)C(Cc1cccc(C(F)(F)F)c1)NN. The molecule has 0 radical (unpaired) electrons. The third kappa shape index (κ3) is 4.81. The van der Waals surface area contributed by atoms with E-state index in [1.54, 1.807) is 6.07 Å². The molecule has 0 saturated heterocycles. The number of hydrogen-bond donors (Lipinski definition) is 2. The summed E-state index contributed by atoms with van der Waals surface area (Å²) in [6.07, 6.45) is -4.13. The highest BCUT2D eigenvalue weighted by Gasteiger charge is 2.30. The molecule has 0 heterocycles. The summed E-state index contributed by atoms with van der Waals surface area (Å²) in [4.78, 5) is 0. The fourth-order valence-electron chi connectivity index (χ4n) is 1.87. The van der Waals surface area contributed by atoms with Gasteiger partial charge in [0.2, 0.25) is 0 Å². The Labute approximate surface area is 110 Å². The fourth-order valence-corrected chi connectivity index (χ4v) is 1.87. The highest BCUT2D eigenvalue weighted by atomic mass is 19.4. The van der Waals surface area contributed by atoms with E-state index in [1.165, 1.54) is 6.07 Å². The molecular formula is C13H19F3N2O. The van der Waals surface area contributed by atoms with Crippen LogP contribution in [-0.4, -0.2) is 18.8 Å². The molecule has 6 heteroatoms. The molecular weight excluding hydrogens is 257 g/mol. The first-order valence-corrected chi connectivity index (χ1v) is 6.12. The molecule has 0 amide bonds. The average Bonchev–Trinajstić information content (AvgIpc) is 2.35. The smallest absolute Gasteiger partial charge is 0.377 e. The van der Waals surface area contributed by atoms with Gasteiger partial charge in [0.1, 0.15) is 0 Å². The second kappa shape index (κ2) is 6.88. The number of nitrogens with one attached hydrogen (secondary N) is 1. The van der Waals surface area contributed by atoms with Crippen LogP contribution in [-0.2, 0) is 17.3 Å². The number of alkyl halides is 3. The summed E-state index contributed by atoms with van der Waals surface area (Å²) in [5.41, 5.74) is 2.51. The Bertz CT molecular complexity index is 396. The van der Waals surface area contributed by atoms with Crippen molar-refractivity contribution in [2.45, 2.75) is 38.6 Å². The number of benzene rings is 1. The number of hydrazine groups is 1. The van der Waals surface area contributed by atoms with E-state index in [-0.39, 0.29) is 12.1 Å². The van der Waals surface area contributed by atoms with Crippen LogP contribution in [0.25, 0.3) is 0 Å². The van der Waals surface area contributed by atoms with Crippen molar-refractivity contribution in [1.82, 2.24) is 5.43 Å². The van der Waals surface area contributed by atoms with Crippen LogP contribution in [0.2, 0.25) is 0 Å². The maximum absolute atomic E-state index is 12.6. The third-order valence-corrected chi connectivity index (χ3v) is 2.92. The second-order valence-corrected chi connectivity index (χ2v) is 4.34.